The van der Waals surface area contributed by atoms with E-state index in [1.54, 1.807) is 14.5 Å². The molecule has 1 N–H and O–H groups in total. The quantitative estimate of drug-likeness (QED) is 0.770. The molecule has 2 bridgehead atoms. The van der Waals surface area contributed by atoms with Crippen LogP contribution in [0.4, 0.5) is 0 Å². The Morgan fingerprint density at radius 3 is 2.90 bits per heavy atom. The van der Waals surface area contributed by atoms with Gasteiger partial charge in [0.2, 0.25) is 11.8 Å². The van der Waals surface area contributed by atoms with E-state index in [0.29, 0.717) is 39.1 Å². The third kappa shape index (κ3) is 5.76. The number of ether oxygens (including phenoxy) is 1. The lowest BCUT2D eigenvalue weighted by Crippen LogP contribution is -2.47. The third-order valence-corrected chi connectivity index (χ3v) is 5.80. The third-order valence-electron chi connectivity index (χ3n) is 5.80. The zero-order valence-electron chi connectivity index (χ0n) is 17.7. The van der Waals surface area contributed by atoms with Gasteiger partial charge in [-0.15, -0.1) is 5.10 Å². The van der Waals surface area contributed by atoms with Gasteiger partial charge in [0, 0.05) is 44.9 Å². The summed E-state index contributed by atoms with van der Waals surface area (Å²) in [6, 6.07) is -0.265. The van der Waals surface area contributed by atoms with Gasteiger partial charge in [-0.25, -0.2) is 0 Å². The minimum Gasteiger partial charge on any atom is -0.394 e. The largest absolute Gasteiger partial charge is 0.394 e. The van der Waals surface area contributed by atoms with Crippen molar-refractivity contribution in [3.63, 3.8) is 0 Å². The first-order valence-corrected chi connectivity index (χ1v) is 10.5. The fraction of sp³-hybridized carbons (Fsp3) is 0.800. The second kappa shape index (κ2) is 9.67. The van der Waals surface area contributed by atoms with Crippen LogP contribution in [-0.4, -0.2) is 80.6 Å². The molecular formula is C20H33N5O4. The first-order chi connectivity index (χ1) is 13.9. The molecule has 162 valence electrons. The zero-order valence-corrected chi connectivity index (χ0v) is 17.7. The van der Waals surface area contributed by atoms with Gasteiger partial charge >= 0.3 is 0 Å². The molecule has 1 saturated carbocycles. The van der Waals surface area contributed by atoms with E-state index in [1.165, 1.54) is 0 Å². The molecule has 2 heterocycles. The first-order valence-electron chi connectivity index (χ1n) is 10.5. The van der Waals surface area contributed by atoms with E-state index in [0.717, 1.165) is 18.5 Å². The monoisotopic (exact) mass is 407 g/mol. The van der Waals surface area contributed by atoms with Gasteiger partial charge in [-0.3, -0.25) is 14.3 Å². The maximum atomic E-state index is 12.8. The van der Waals surface area contributed by atoms with Crippen molar-refractivity contribution in [3.05, 3.63) is 11.9 Å². The maximum Gasteiger partial charge on any atom is 0.225 e. The standard InChI is InChI=1S/C20H33N5O4/c1-14-9-25(15(2)12-26)19(27)5-4-8-24-10-17(21-22-24)13-29-18(14)11-23(3)20(28)16-6-7-16/h10,14-16,18,26H,4-9,11-13H2,1-3H3/t14-,15-,18-/m0/s1. The number of aliphatic hydroxyl groups excluding tert-OH is 1. The Morgan fingerprint density at radius 1 is 1.45 bits per heavy atom. The lowest BCUT2D eigenvalue weighted by molar-refractivity contribution is -0.138. The van der Waals surface area contributed by atoms with E-state index < -0.39 is 0 Å². The number of hydrogen-bond acceptors (Lipinski definition) is 6. The van der Waals surface area contributed by atoms with Crippen LogP contribution in [0.25, 0.3) is 0 Å². The molecule has 0 radical (unpaired) electrons. The highest BCUT2D eigenvalue weighted by Gasteiger charge is 2.34. The molecule has 3 atom stereocenters. The van der Waals surface area contributed by atoms with Gasteiger partial charge in [0.25, 0.3) is 0 Å². The van der Waals surface area contributed by atoms with E-state index in [2.05, 4.69) is 10.3 Å². The van der Waals surface area contributed by atoms with Crippen LogP contribution in [0.3, 0.4) is 0 Å². The Bertz CT molecular complexity index is 705. The molecule has 2 aliphatic rings. The second-order valence-electron chi connectivity index (χ2n) is 8.47. The van der Waals surface area contributed by atoms with Crippen molar-refractivity contribution in [2.24, 2.45) is 11.8 Å². The number of amides is 2. The molecule has 0 saturated heterocycles. The Balaban J connectivity index is 1.77. The van der Waals surface area contributed by atoms with Crippen LogP contribution >= 0.6 is 0 Å². The first kappa shape index (κ1) is 21.7. The molecule has 0 unspecified atom stereocenters. The molecule has 1 fully saturated rings. The number of carbonyl (C=O) groups is 2. The Morgan fingerprint density at radius 2 is 2.21 bits per heavy atom. The summed E-state index contributed by atoms with van der Waals surface area (Å²) in [6.07, 6.45) is 4.56. The summed E-state index contributed by atoms with van der Waals surface area (Å²) in [4.78, 5) is 28.7. The maximum absolute atomic E-state index is 12.8. The smallest absolute Gasteiger partial charge is 0.225 e. The molecule has 9 heteroatoms. The number of fused-ring (bicyclic) bond motifs is 2. The Kier molecular flexibility index (Phi) is 7.23. The van der Waals surface area contributed by atoms with E-state index in [4.69, 9.17) is 4.74 Å². The summed E-state index contributed by atoms with van der Waals surface area (Å²) < 4.78 is 7.90. The van der Waals surface area contributed by atoms with Gasteiger partial charge in [0.1, 0.15) is 5.69 Å². The molecule has 1 aromatic rings. The number of nitrogens with zero attached hydrogens (tertiary/aromatic N) is 5. The van der Waals surface area contributed by atoms with Crippen LogP contribution in [0.15, 0.2) is 6.20 Å². The van der Waals surface area contributed by atoms with Crippen molar-refractivity contribution in [1.82, 2.24) is 24.8 Å². The fourth-order valence-corrected chi connectivity index (χ4v) is 3.69. The van der Waals surface area contributed by atoms with E-state index in [9.17, 15) is 14.7 Å². The predicted molar refractivity (Wildman–Crippen MR) is 106 cm³/mol. The van der Waals surface area contributed by atoms with Gasteiger partial charge in [-0.05, 0) is 26.2 Å². The zero-order chi connectivity index (χ0) is 21.0. The molecule has 2 amide bonds. The second-order valence-corrected chi connectivity index (χ2v) is 8.47. The number of aromatic nitrogens is 3. The summed E-state index contributed by atoms with van der Waals surface area (Å²) in [7, 11) is 1.81. The summed E-state index contributed by atoms with van der Waals surface area (Å²) in [5.41, 5.74) is 0.740. The predicted octanol–water partition coefficient (Wildman–Crippen LogP) is 0.671. The van der Waals surface area contributed by atoms with Crippen molar-refractivity contribution in [1.29, 1.82) is 0 Å². The lowest BCUT2D eigenvalue weighted by Gasteiger charge is -2.35. The highest BCUT2D eigenvalue weighted by molar-refractivity contribution is 5.80. The number of hydrogen-bond donors (Lipinski definition) is 1. The van der Waals surface area contributed by atoms with E-state index >= 15 is 0 Å². The summed E-state index contributed by atoms with van der Waals surface area (Å²) in [5, 5.41) is 17.9. The van der Waals surface area contributed by atoms with Gasteiger partial charge in [-0.1, -0.05) is 12.1 Å². The van der Waals surface area contributed by atoms with Gasteiger partial charge in [-0.2, -0.15) is 0 Å². The molecule has 9 nitrogen and oxygen atoms in total. The summed E-state index contributed by atoms with van der Waals surface area (Å²) in [5.74, 6) is 0.307. The Labute approximate surface area is 172 Å². The summed E-state index contributed by atoms with van der Waals surface area (Å²) in [6.45, 7) is 5.64. The highest BCUT2D eigenvalue weighted by atomic mass is 16.5. The SMILES string of the molecule is C[C@H]1CN([C@@H](C)CO)C(=O)CCCn2cc(nn2)CO[C@H]1CN(C)C(=O)C1CC1. The van der Waals surface area contributed by atoms with E-state index in [1.807, 2.05) is 27.1 Å². The minimum absolute atomic E-state index is 0.0131. The molecule has 0 spiro atoms. The van der Waals surface area contributed by atoms with Crippen LogP contribution in [0.5, 0.6) is 0 Å². The van der Waals surface area contributed by atoms with Crippen LogP contribution in [0.2, 0.25) is 0 Å². The molecular weight excluding hydrogens is 374 g/mol. The molecule has 1 aliphatic carbocycles. The topological polar surface area (TPSA) is 101 Å². The van der Waals surface area contributed by atoms with Crippen molar-refractivity contribution in [2.45, 2.75) is 64.8 Å². The number of aliphatic hydroxyl groups is 1. The molecule has 1 aromatic heterocycles. The average Bonchev–Trinajstić information content (AvgIpc) is 3.46. The number of likely N-dealkylation sites (N-methyl/N-ethyl adjacent to an activating group) is 1. The van der Waals surface area contributed by atoms with Crippen molar-refractivity contribution < 1.29 is 19.4 Å². The highest BCUT2D eigenvalue weighted by Crippen LogP contribution is 2.31. The van der Waals surface area contributed by atoms with Crippen LogP contribution in [-0.2, 0) is 27.5 Å². The molecule has 1 aliphatic heterocycles. The van der Waals surface area contributed by atoms with Crippen LogP contribution in [0, 0.1) is 11.8 Å². The normalized spacial score (nSPS) is 25.0. The Hall–Kier alpha value is -2.00. The number of carbonyl (C=O) groups excluding carboxylic acids is 2. The van der Waals surface area contributed by atoms with Crippen LogP contribution < -0.4 is 0 Å². The summed E-state index contributed by atoms with van der Waals surface area (Å²) >= 11 is 0. The van der Waals surface area contributed by atoms with Gasteiger partial charge in [0.05, 0.1) is 31.6 Å². The number of rotatable bonds is 5. The van der Waals surface area contributed by atoms with Crippen molar-refractivity contribution in [3.8, 4) is 0 Å². The minimum atomic E-state index is -0.265. The molecule has 3 rings (SSSR count). The van der Waals surface area contributed by atoms with Crippen molar-refractivity contribution >= 4 is 11.8 Å². The van der Waals surface area contributed by atoms with Gasteiger partial charge < -0.3 is 19.6 Å². The van der Waals surface area contributed by atoms with Gasteiger partial charge in [0.15, 0.2) is 0 Å². The lowest BCUT2D eigenvalue weighted by atomic mass is 10.0. The van der Waals surface area contributed by atoms with E-state index in [-0.39, 0.29) is 42.4 Å². The number of aryl methyl sites for hydroxylation is 1. The van der Waals surface area contributed by atoms with Crippen molar-refractivity contribution in [2.75, 3.05) is 26.7 Å². The fourth-order valence-electron chi connectivity index (χ4n) is 3.69. The van der Waals surface area contributed by atoms with Crippen LogP contribution in [0.1, 0.15) is 45.2 Å². The molecule has 0 aromatic carbocycles. The molecule has 29 heavy (non-hydrogen) atoms. The average molecular weight is 408 g/mol.